The SMILES string of the molecule is CNC(C)c1cccc(F)c1N1CCC(CC(N)=O)CC1. The summed E-state index contributed by atoms with van der Waals surface area (Å²) in [7, 11) is 1.87. The fraction of sp³-hybridized carbons (Fsp3) is 0.562. The number of nitrogens with two attached hydrogens (primary N) is 1. The smallest absolute Gasteiger partial charge is 0.217 e. The zero-order valence-corrected chi connectivity index (χ0v) is 12.7. The van der Waals surface area contributed by atoms with Crippen LogP contribution in [0.5, 0.6) is 0 Å². The molecule has 0 bridgehead atoms. The van der Waals surface area contributed by atoms with Crippen molar-refractivity contribution in [3.8, 4) is 0 Å². The monoisotopic (exact) mass is 293 g/mol. The van der Waals surface area contributed by atoms with Crippen molar-refractivity contribution in [1.29, 1.82) is 0 Å². The molecule has 4 nitrogen and oxygen atoms in total. The lowest BCUT2D eigenvalue weighted by Gasteiger charge is -2.35. The van der Waals surface area contributed by atoms with Crippen LogP contribution in [-0.4, -0.2) is 26.0 Å². The molecule has 1 saturated heterocycles. The normalized spacial score (nSPS) is 17.8. The lowest BCUT2D eigenvalue weighted by atomic mass is 9.92. The van der Waals surface area contributed by atoms with Gasteiger partial charge in [0, 0.05) is 25.6 Å². The number of rotatable bonds is 5. The van der Waals surface area contributed by atoms with Crippen molar-refractivity contribution in [1.82, 2.24) is 5.32 Å². The minimum absolute atomic E-state index is 0.0963. The van der Waals surface area contributed by atoms with Gasteiger partial charge in [0.25, 0.3) is 0 Å². The molecule has 21 heavy (non-hydrogen) atoms. The van der Waals surface area contributed by atoms with Crippen LogP contribution in [0.2, 0.25) is 0 Å². The Labute approximate surface area is 125 Å². The van der Waals surface area contributed by atoms with Crippen LogP contribution < -0.4 is 16.0 Å². The Morgan fingerprint density at radius 1 is 1.48 bits per heavy atom. The number of carbonyl (C=O) groups is 1. The maximum Gasteiger partial charge on any atom is 0.217 e. The molecule has 1 heterocycles. The second-order valence-electron chi connectivity index (χ2n) is 5.79. The van der Waals surface area contributed by atoms with E-state index in [-0.39, 0.29) is 17.8 Å². The molecule has 0 aliphatic carbocycles. The van der Waals surface area contributed by atoms with Crippen molar-refractivity contribution in [2.75, 3.05) is 25.0 Å². The maximum atomic E-state index is 14.3. The zero-order valence-electron chi connectivity index (χ0n) is 12.7. The van der Waals surface area contributed by atoms with Gasteiger partial charge in [-0.15, -0.1) is 0 Å². The summed E-state index contributed by atoms with van der Waals surface area (Å²) in [5.41, 5.74) is 6.92. The molecule has 1 fully saturated rings. The van der Waals surface area contributed by atoms with Gasteiger partial charge in [-0.1, -0.05) is 12.1 Å². The Morgan fingerprint density at radius 3 is 2.71 bits per heavy atom. The first-order chi connectivity index (χ1) is 10.0. The van der Waals surface area contributed by atoms with E-state index < -0.39 is 0 Å². The van der Waals surface area contributed by atoms with Gasteiger partial charge in [-0.25, -0.2) is 4.39 Å². The van der Waals surface area contributed by atoms with E-state index in [1.165, 1.54) is 6.07 Å². The quantitative estimate of drug-likeness (QED) is 0.875. The van der Waals surface area contributed by atoms with E-state index in [4.69, 9.17) is 5.73 Å². The maximum absolute atomic E-state index is 14.3. The number of piperidine rings is 1. The molecule has 2 rings (SSSR count). The Morgan fingerprint density at radius 2 is 2.14 bits per heavy atom. The van der Waals surface area contributed by atoms with Crippen LogP contribution in [0.15, 0.2) is 18.2 Å². The average molecular weight is 293 g/mol. The molecule has 1 amide bonds. The van der Waals surface area contributed by atoms with E-state index in [1.807, 2.05) is 20.0 Å². The van der Waals surface area contributed by atoms with E-state index in [1.54, 1.807) is 6.07 Å². The molecule has 1 aromatic rings. The second kappa shape index (κ2) is 6.89. The number of primary amides is 1. The molecule has 0 radical (unpaired) electrons. The summed E-state index contributed by atoms with van der Waals surface area (Å²) < 4.78 is 14.3. The Balaban J connectivity index is 2.14. The lowest BCUT2D eigenvalue weighted by Crippen LogP contribution is -2.36. The number of nitrogens with one attached hydrogen (secondary N) is 1. The van der Waals surface area contributed by atoms with Crippen LogP contribution in [0.3, 0.4) is 0 Å². The molecule has 0 spiro atoms. The first-order valence-corrected chi connectivity index (χ1v) is 7.51. The van der Waals surface area contributed by atoms with Gasteiger partial charge in [-0.05, 0) is 44.4 Å². The zero-order chi connectivity index (χ0) is 15.4. The summed E-state index contributed by atoms with van der Waals surface area (Å²) >= 11 is 0. The number of nitrogens with zero attached hydrogens (tertiary/aromatic N) is 1. The summed E-state index contributed by atoms with van der Waals surface area (Å²) in [5.74, 6) is -0.0949. The van der Waals surface area contributed by atoms with E-state index in [0.717, 1.165) is 31.5 Å². The summed E-state index contributed by atoms with van der Waals surface area (Å²) in [6, 6.07) is 5.33. The number of para-hydroxylation sites is 1. The van der Waals surface area contributed by atoms with Gasteiger partial charge in [0.1, 0.15) is 5.82 Å². The number of anilines is 1. The summed E-state index contributed by atoms with van der Waals surface area (Å²) in [6.45, 7) is 3.56. The van der Waals surface area contributed by atoms with Crippen LogP contribution in [0.25, 0.3) is 0 Å². The third kappa shape index (κ3) is 3.73. The molecule has 1 atom stereocenters. The first kappa shape index (κ1) is 15.8. The van der Waals surface area contributed by atoms with E-state index in [0.29, 0.717) is 18.0 Å². The molecule has 5 heteroatoms. The Kier molecular flexibility index (Phi) is 5.17. The van der Waals surface area contributed by atoms with Gasteiger partial charge in [-0.3, -0.25) is 4.79 Å². The van der Waals surface area contributed by atoms with E-state index in [9.17, 15) is 9.18 Å². The van der Waals surface area contributed by atoms with Gasteiger partial charge >= 0.3 is 0 Å². The number of halogens is 1. The molecule has 0 aromatic heterocycles. The predicted octanol–water partition coefficient (Wildman–Crippen LogP) is 2.20. The van der Waals surface area contributed by atoms with Crippen LogP contribution in [0, 0.1) is 11.7 Å². The third-order valence-corrected chi connectivity index (χ3v) is 4.34. The highest BCUT2D eigenvalue weighted by Gasteiger charge is 2.25. The molecule has 3 N–H and O–H groups in total. The summed E-state index contributed by atoms with van der Waals surface area (Å²) in [5, 5.41) is 3.17. The Bertz CT molecular complexity index is 498. The van der Waals surface area contributed by atoms with E-state index in [2.05, 4.69) is 10.2 Å². The first-order valence-electron chi connectivity index (χ1n) is 7.51. The van der Waals surface area contributed by atoms with Gasteiger partial charge in [0.05, 0.1) is 5.69 Å². The van der Waals surface area contributed by atoms with E-state index >= 15 is 0 Å². The van der Waals surface area contributed by atoms with Crippen LogP contribution in [0.4, 0.5) is 10.1 Å². The van der Waals surface area contributed by atoms with Crippen LogP contribution in [0.1, 0.15) is 37.8 Å². The number of benzene rings is 1. The number of hydrogen-bond donors (Lipinski definition) is 2. The predicted molar refractivity (Wildman–Crippen MR) is 82.6 cm³/mol. The number of carbonyl (C=O) groups excluding carboxylic acids is 1. The minimum atomic E-state index is -0.246. The van der Waals surface area contributed by atoms with Gasteiger partial charge < -0.3 is 16.0 Å². The summed E-state index contributed by atoms with van der Waals surface area (Å²) in [6.07, 6.45) is 2.19. The average Bonchev–Trinajstić information content (AvgIpc) is 2.46. The van der Waals surface area contributed by atoms with Crippen molar-refractivity contribution in [2.45, 2.75) is 32.2 Å². The summed E-state index contributed by atoms with van der Waals surface area (Å²) in [4.78, 5) is 13.1. The highest BCUT2D eigenvalue weighted by molar-refractivity contribution is 5.74. The molecule has 0 saturated carbocycles. The highest BCUT2D eigenvalue weighted by Crippen LogP contribution is 2.32. The molecule has 1 aromatic carbocycles. The third-order valence-electron chi connectivity index (χ3n) is 4.34. The molecule has 1 aliphatic heterocycles. The molecule has 1 unspecified atom stereocenters. The van der Waals surface area contributed by atoms with Gasteiger partial charge in [-0.2, -0.15) is 0 Å². The van der Waals surface area contributed by atoms with Crippen LogP contribution >= 0.6 is 0 Å². The lowest BCUT2D eigenvalue weighted by molar-refractivity contribution is -0.119. The topological polar surface area (TPSA) is 58.4 Å². The minimum Gasteiger partial charge on any atom is -0.370 e. The highest BCUT2D eigenvalue weighted by atomic mass is 19.1. The second-order valence-corrected chi connectivity index (χ2v) is 5.79. The molecule has 116 valence electrons. The number of amides is 1. The molecule has 1 aliphatic rings. The number of hydrogen-bond acceptors (Lipinski definition) is 3. The molecular formula is C16H24FN3O. The fourth-order valence-electron chi connectivity index (χ4n) is 3.02. The fourth-order valence-corrected chi connectivity index (χ4v) is 3.02. The van der Waals surface area contributed by atoms with Gasteiger partial charge in [0.2, 0.25) is 5.91 Å². The Hall–Kier alpha value is -1.62. The standard InChI is InChI=1S/C16H24FN3O/c1-11(19-2)13-4-3-5-14(17)16(13)20-8-6-12(7-9-20)10-15(18)21/h3-5,11-12,19H,6-10H2,1-2H3,(H2,18,21). The largest absolute Gasteiger partial charge is 0.370 e. The van der Waals surface area contributed by atoms with Crippen LogP contribution in [-0.2, 0) is 4.79 Å². The van der Waals surface area contributed by atoms with Crippen molar-refractivity contribution in [3.63, 3.8) is 0 Å². The van der Waals surface area contributed by atoms with Crippen molar-refractivity contribution < 1.29 is 9.18 Å². The van der Waals surface area contributed by atoms with Crippen molar-refractivity contribution in [2.24, 2.45) is 11.7 Å². The van der Waals surface area contributed by atoms with Crippen molar-refractivity contribution in [3.05, 3.63) is 29.6 Å². The molecular weight excluding hydrogens is 269 g/mol. The van der Waals surface area contributed by atoms with Gasteiger partial charge in [0.15, 0.2) is 0 Å². The van der Waals surface area contributed by atoms with Crippen molar-refractivity contribution >= 4 is 11.6 Å².